The molecule has 57 heavy (non-hydrogen) atoms. The topological polar surface area (TPSA) is 48.8 Å². The molecule has 12 rings (SSSR count). The van der Waals surface area contributed by atoms with E-state index < -0.39 is 0 Å². The third kappa shape index (κ3) is 4.89. The lowest BCUT2D eigenvalue weighted by atomic mass is 9.98. The summed E-state index contributed by atoms with van der Waals surface area (Å²) in [5.74, 6) is 1.52. The largest absolute Gasteiger partial charge is 0.456 e. The molecule has 0 saturated heterocycles. The molecule has 8 aromatic carbocycles. The summed E-state index contributed by atoms with van der Waals surface area (Å²) in [7, 11) is 0. The fourth-order valence-electron chi connectivity index (χ4n) is 8.80. The molecular formula is C52H32N4O. The third-order valence-electron chi connectivity index (χ3n) is 11.3. The summed E-state index contributed by atoms with van der Waals surface area (Å²) in [6.07, 6.45) is 0. The van der Waals surface area contributed by atoms with Gasteiger partial charge in [-0.05, 0) is 65.7 Å². The summed E-state index contributed by atoms with van der Waals surface area (Å²) in [5.41, 5.74) is 12.7. The van der Waals surface area contributed by atoms with Crippen LogP contribution in [0.4, 0.5) is 0 Å². The summed E-state index contributed by atoms with van der Waals surface area (Å²) >= 11 is 0. The van der Waals surface area contributed by atoms with Crippen molar-refractivity contribution in [3.05, 3.63) is 194 Å². The van der Waals surface area contributed by atoms with Crippen LogP contribution in [0.15, 0.2) is 199 Å². The van der Waals surface area contributed by atoms with E-state index in [1.807, 2.05) is 36.4 Å². The Labute approximate surface area is 327 Å². The van der Waals surface area contributed by atoms with E-state index in [4.69, 9.17) is 14.4 Å². The highest BCUT2D eigenvalue weighted by molar-refractivity contribution is 6.18. The van der Waals surface area contributed by atoms with Crippen LogP contribution in [0.2, 0.25) is 0 Å². The number of hydrogen-bond acceptors (Lipinski definition) is 3. The number of fused-ring (bicyclic) bond motifs is 9. The van der Waals surface area contributed by atoms with E-state index in [0.29, 0.717) is 5.82 Å². The maximum Gasteiger partial charge on any atom is 0.162 e. The van der Waals surface area contributed by atoms with Crippen molar-refractivity contribution < 1.29 is 4.42 Å². The van der Waals surface area contributed by atoms with E-state index in [9.17, 15) is 0 Å². The predicted molar refractivity (Wildman–Crippen MR) is 234 cm³/mol. The average Bonchev–Trinajstić information content (AvgIpc) is 3.94. The molecule has 0 atom stereocenters. The van der Waals surface area contributed by atoms with Crippen LogP contribution in [-0.4, -0.2) is 19.1 Å². The number of rotatable bonds is 5. The molecule has 0 aliphatic rings. The molecule has 0 amide bonds. The first-order valence-electron chi connectivity index (χ1n) is 19.2. The van der Waals surface area contributed by atoms with Crippen molar-refractivity contribution >= 4 is 65.6 Å². The van der Waals surface area contributed by atoms with Crippen molar-refractivity contribution in [2.24, 2.45) is 0 Å². The Morgan fingerprint density at radius 1 is 0.368 bits per heavy atom. The fraction of sp³-hybridized carbons (Fsp3) is 0. The molecule has 0 unspecified atom stereocenters. The molecular weight excluding hydrogens is 697 g/mol. The van der Waals surface area contributed by atoms with Gasteiger partial charge in [0.1, 0.15) is 17.0 Å². The van der Waals surface area contributed by atoms with E-state index in [0.717, 1.165) is 77.9 Å². The molecule has 0 aliphatic heterocycles. The van der Waals surface area contributed by atoms with E-state index in [-0.39, 0.29) is 0 Å². The van der Waals surface area contributed by atoms with Gasteiger partial charge in [-0.1, -0.05) is 133 Å². The summed E-state index contributed by atoms with van der Waals surface area (Å²) in [5, 5.41) is 7.02. The van der Waals surface area contributed by atoms with Crippen molar-refractivity contribution in [2.75, 3.05) is 0 Å². The summed E-state index contributed by atoms with van der Waals surface area (Å²) in [4.78, 5) is 10.3. The minimum atomic E-state index is 0.692. The molecule has 5 nitrogen and oxygen atoms in total. The van der Waals surface area contributed by atoms with Gasteiger partial charge in [0.2, 0.25) is 0 Å². The second kappa shape index (κ2) is 12.4. The number of para-hydroxylation sites is 3. The van der Waals surface area contributed by atoms with Gasteiger partial charge in [-0.25, -0.2) is 9.97 Å². The molecule has 0 spiro atoms. The first kappa shape index (κ1) is 31.6. The van der Waals surface area contributed by atoms with Gasteiger partial charge in [-0.2, -0.15) is 0 Å². The predicted octanol–water partition coefficient (Wildman–Crippen LogP) is 13.6. The molecule has 0 fully saturated rings. The highest BCUT2D eigenvalue weighted by atomic mass is 16.3. The van der Waals surface area contributed by atoms with Crippen LogP contribution in [0.25, 0.3) is 111 Å². The van der Waals surface area contributed by atoms with Gasteiger partial charge in [0.25, 0.3) is 0 Å². The zero-order valence-electron chi connectivity index (χ0n) is 30.7. The van der Waals surface area contributed by atoms with Crippen LogP contribution in [-0.2, 0) is 0 Å². The van der Waals surface area contributed by atoms with E-state index in [1.165, 1.54) is 27.1 Å². The molecule has 4 heterocycles. The maximum atomic E-state index is 6.21. The Hall–Kier alpha value is -7.76. The number of hydrogen-bond donors (Lipinski definition) is 0. The zero-order chi connectivity index (χ0) is 37.5. The number of nitrogens with zero attached hydrogens (tertiary/aromatic N) is 4. The smallest absolute Gasteiger partial charge is 0.162 e. The average molecular weight is 729 g/mol. The number of benzene rings is 8. The Morgan fingerprint density at radius 2 is 1.02 bits per heavy atom. The minimum absolute atomic E-state index is 0.692. The quantitative estimate of drug-likeness (QED) is 0.177. The van der Waals surface area contributed by atoms with E-state index in [2.05, 4.69) is 167 Å². The molecule has 0 saturated carbocycles. The fourth-order valence-corrected chi connectivity index (χ4v) is 8.80. The lowest BCUT2D eigenvalue weighted by Crippen LogP contribution is -2.02. The Morgan fingerprint density at radius 3 is 1.84 bits per heavy atom. The first-order valence-corrected chi connectivity index (χ1v) is 19.2. The summed E-state index contributed by atoms with van der Waals surface area (Å²) in [6.45, 7) is 0. The van der Waals surface area contributed by atoms with Gasteiger partial charge < -0.3 is 8.98 Å². The molecule has 12 aromatic rings. The molecule has 0 bridgehead atoms. The van der Waals surface area contributed by atoms with Crippen molar-refractivity contribution in [1.29, 1.82) is 0 Å². The highest BCUT2D eigenvalue weighted by Gasteiger charge is 2.20. The molecule has 0 aliphatic carbocycles. The molecule has 0 radical (unpaired) electrons. The van der Waals surface area contributed by atoms with Crippen molar-refractivity contribution in [1.82, 2.24) is 19.1 Å². The number of aromatic nitrogens is 4. The summed E-state index contributed by atoms with van der Waals surface area (Å²) < 4.78 is 10.9. The van der Waals surface area contributed by atoms with Crippen molar-refractivity contribution in [3.8, 4) is 45.3 Å². The van der Waals surface area contributed by atoms with Gasteiger partial charge in [0, 0.05) is 55.2 Å². The van der Waals surface area contributed by atoms with Gasteiger partial charge in [-0.3, -0.25) is 4.57 Å². The van der Waals surface area contributed by atoms with E-state index in [1.54, 1.807) is 0 Å². The van der Waals surface area contributed by atoms with E-state index >= 15 is 0 Å². The molecule has 266 valence electrons. The van der Waals surface area contributed by atoms with Gasteiger partial charge in [0.15, 0.2) is 5.82 Å². The Bertz CT molecular complexity index is 3460. The van der Waals surface area contributed by atoms with Crippen LogP contribution in [0.3, 0.4) is 0 Å². The lowest BCUT2D eigenvalue weighted by molar-refractivity contribution is 0.669. The third-order valence-corrected chi connectivity index (χ3v) is 11.3. The van der Waals surface area contributed by atoms with Crippen LogP contribution in [0.5, 0.6) is 0 Å². The van der Waals surface area contributed by atoms with Crippen molar-refractivity contribution in [3.63, 3.8) is 0 Å². The first-order chi connectivity index (χ1) is 28.3. The van der Waals surface area contributed by atoms with Gasteiger partial charge in [0.05, 0.1) is 27.8 Å². The second-order valence-corrected chi connectivity index (χ2v) is 14.6. The maximum absolute atomic E-state index is 6.21. The normalized spacial score (nSPS) is 11.9. The standard InChI is InChI=1S/C52H32N4O/c1-3-14-33(15-4-1)43-32-50(54-52(53-43)34-16-5-2-6-17-34)56-44-22-10-7-18-38(44)41-30-35(26-28-46(41)56)37-21-13-24-47-51(37)40-20-8-11-23-45(40)55(47)36-27-29-49-42(31-36)39-19-9-12-25-48(39)57-49/h1-32H. The lowest BCUT2D eigenvalue weighted by Gasteiger charge is -2.12. The monoisotopic (exact) mass is 728 g/mol. The van der Waals surface area contributed by atoms with Crippen LogP contribution in [0.1, 0.15) is 0 Å². The van der Waals surface area contributed by atoms with Crippen molar-refractivity contribution in [2.45, 2.75) is 0 Å². The number of furan rings is 1. The Kier molecular flexibility index (Phi) is 6.86. The molecule has 5 heteroatoms. The van der Waals surface area contributed by atoms with Crippen LogP contribution in [0, 0.1) is 0 Å². The Balaban J connectivity index is 1.07. The molecule has 0 N–H and O–H groups in total. The molecule has 4 aromatic heterocycles. The van der Waals surface area contributed by atoms with Gasteiger partial charge >= 0.3 is 0 Å². The minimum Gasteiger partial charge on any atom is -0.456 e. The summed E-state index contributed by atoms with van der Waals surface area (Å²) in [6, 6.07) is 68.4. The van der Waals surface area contributed by atoms with Crippen LogP contribution < -0.4 is 0 Å². The second-order valence-electron chi connectivity index (χ2n) is 14.6. The van der Waals surface area contributed by atoms with Gasteiger partial charge in [-0.15, -0.1) is 0 Å². The van der Waals surface area contributed by atoms with Crippen LogP contribution >= 0.6 is 0 Å². The highest BCUT2D eigenvalue weighted by Crippen LogP contribution is 2.42. The SMILES string of the molecule is c1ccc(-c2cc(-n3c4ccccc4c4cc(-c5cccc6c5c5ccccc5n6-c5ccc6oc7ccccc7c6c5)ccc43)nc(-c3ccccc3)n2)cc1. The zero-order valence-corrected chi connectivity index (χ0v) is 30.7.